The number of carbonyl (C=O) groups excluding carboxylic acids is 1. The van der Waals surface area contributed by atoms with Gasteiger partial charge in [0.05, 0.1) is 11.5 Å². The summed E-state index contributed by atoms with van der Waals surface area (Å²) in [7, 11) is 0. The van der Waals surface area contributed by atoms with Crippen molar-refractivity contribution in [2.24, 2.45) is 0 Å². The Balaban J connectivity index is 1.71. The molecular weight excluding hydrogens is 398 g/mol. The van der Waals surface area contributed by atoms with E-state index in [0.717, 1.165) is 0 Å². The van der Waals surface area contributed by atoms with Crippen molar-refractivity contribution in [3.63, 3.8) is 0 Å². The number of hydrogen-bond acceptors (Lipinski definition) is 7. The number of halogens is 1. The molecule has 0 atom stereocenters. The minimum atomic E-state index is -0.611. The smallest absolute Gasteiger partial charge is 0.331 e. The van der Waals surface area contributed by atoms with Crippen LogP contribution in [0.15, 0.2) is 39.4 Å². The molecule has 1 aliphatic rings. The minimum Gasteiger partial charge on any atom is -0.467 e. The molecule has 25 heavy (non-hydrogen) atoms. The van der Waals surface area contributed by atoms with Gasteiger partial charge in [0.1, 0.15) is 18.1 Å². The standard InChI is InChI=1S/C16H12BrNO7/c17-14-3-1-13(25-14)2-4-15(19)23-8-11-6-12(18(20)21)5-10-7-22-9-24-16(10)11/h1-6H,7-9H2/b4-2+. The summed E-state index contributed by atoms with van der Waals surface area (Å²) in [5.41, 5.74) is 0.840. The number of nitro benzene ring substituents is 1. The summed E-state index contributed by atoms with van der Waals surface area (Å²) >= 11 is 3.16. The summed E-state index contributed by atoms with van der Waals surface area (Å²) < 4.78 is 21.4. The van der Waals surface area contributed by atoms with Gasteiger partial charge in [0.2, 0.25) is 0 Å². The molecule has 0 radical (unpaired) electrons. The summed E-state index contributed by atoms with van der Waals surface area (Å²) in [6, 6.07) is 6.08. The number of ether oxygens (including phenoxy) is 3. The van der Waals surface area contributed by atoms with Gasteiger partial charge < -0.3 is 18.6 Å². The summed E-state index contributed by atoms with van der Waals surface area (Å²) in [4.78, 5) is 22.3. The molecule has 0 bridgehead atoms. The number of rotatable bonds is 5. The number of hydrogen-bond donors (Lipinski definition) is 0. The summed E-state index contributed by atoms with van der Waals surface area (Å²) in [5, 5.41) is 11.0. The number of fused-ring (bicyclic) bond motifs is 1. The van der Waals surface area contributed by atoms with Gasteiger partial charge in [0, 0.05) is 29.3 Å². The first-order chi connectivity index (χ1) is 12.0. The molecule has 0 aliphatic carbocycles. The Hall–Kier alpha value is -2.65. The Bertz CT molecular complexity index is 843. The number of nitro groups is 1. The zero-order valence-electron chi connectivity index (χ0n) is 12.8. The van der Waals surface area contributed by atoms with Gasteiger partial charge in [0.25, 0.3) is 5.69 Å². The second kappa shape index (κ2) is 7.49. The van der Waals surface area contributed by atoms with E-state index in [1.807, 2.05) is 0 Å². The predicted molar refractivity (Wildman–Crippen MR) is 88.6 cm³/mol. The van der Waals surface area contributed by atoms with E-state index >= 15 is 0 Å². The van der Waals surface area contributed by atoms with Gasteiger partial charge >= 0.3 is 5.97 Å². The fraction of sp³-hybridized carbons (Fsp3) is 0.188. The molecule has 9 heteroatoms. The first-order valence-electron chi connectivity index (χ1n) is 7.14. The highest BCUT2D eigenvalue weighted by Crippen LogP contribution is 2.33. The van der Waals surface area contributed by atoms with Crippen LogP contribution in [0.25, 0.3) is 6.08 Å². The molecule has 0 saturated carbocycles. The van der Waals surface area contributed by atoms with E-state index in [1.54, 1.807) is 12.1 Å². The molecule has 2 aromatic rings. The van der Waals surface area contributed by atoms with Gasteiger partial charge in [-0.3, -0.25) is 10.1 Å². The molecular formula is C16H12BrNO7. The normalized spacial score (nSPS) is 13.3. The SMILES string of the molecule is O=C(/C=C/c1ccc(Br)o1)OCc1cc([N+](=O)[O-])cc2c1OCOC2. The van der Waals surface area contributed by atoms with Crippen molar-refractivity contribution in [1.82, 2.24) is 0 Å². The average Bonchev–Trinajstić information content (AvgIpc) is 3.03. The molecule has 0 saturated heterocycles. The van der Waals surface area contributed by atoms with Crippen molar-refractivity contribution in [2.75, 3.05) is 6.79 Å². The van der Waals surface area contributed by atoms with Crippen LogP contribution in [0.2, 0.25) is 0 Å². The third-order valence-corrected chi connectivity index (χ3v) is 3.76. The monoisotopic (exact) mass is 409 g/mol. The van der Waals surface area contributed by atoms with Crippen LogP contribution in [-0.2, 0) is 27.5 Å². The highest BCUT2D eigenvalue weighted by Gasteiger charge is 2.21. The maximum atomic E-state index is 11.8. The molecule has 0 spiro atoms. The lowest BCUT2D eigenvalue weighted by Crippen LogP contribution is -2.14. The van der Waals surface area contributed by atoms with Gasteiger partial charge in [-0.15, -0.1) is 0 Å². The first kappa shape index (κ1) is 17.2. The zero-order valence-corrected chi connectivity index (χ0v) is 14.4. The molecule has 0 unspecified atom stereocenters. The lowest BCUT2D eigenvalue weighted by Gasteiger charge is -2.20. The molecule has 130 valence electrons. The fourth-order valence-electron chi connectivity index (χ4n) is 2.26. The van der Waals surface area contributed by atoms with Gasteiger partial charge in [-0.05, 0) is 34.1 Å². The molecule has 0 amide bonds. The van der Waals surface area contributed by atoms with Gasteiger partial charge in [-0.2, -0.15) is 0 Å². The van der Waals surface area contributed by atoms with E-state index < -0.39 is 10.9 Å². The van der Waals surface area contributed by atoms with Crippen LogP contribution in [0, 0.1) is 10.1 Å². The van der Waals surface area contributed by atoms with Crippen LogP contribution in [-0.4, -0.2) is 17.7 Å². The highest BCUT2D eigenvalue weighted by atomic mass is 79.9. The highest BCUT2D eigenvalue weighted by molar-refractivity contribution is 9.10. The number of nitrogens with zero attached hydrogens (tertiary/aromatic N) is 1. The topological polar surface area (TPSA) is 101 Å². The lowest BCUT2D eigenvalue weighted by atomic mass is 10.1. The molecule has 1 aromatic carbocycles. The number of benzene rings is 1. The molecule has 0 fully saturated rings. The summed E-state index contributed by atoms with van der Waals surface area (Å²) in [6.07, 6.45) is 2.67. The largest absolute Gasteiger partial charge is 0.467 e. The number of non-ortho nitro benzene ring substituents is 1. The average molecular weight is 410 g/mol. The Labute approximate surface area is 150 Å². The fourth-order valence-corrected chi connectivity index (χ4v) is 2.58. The van der Waals surface area contributed by atoms with Crippen molar-refractivity contribution in [3.05, 3.63) is 62.0 Å². The van der Waals surface area contributed by atoms with E-state index in [4.69, 9.17) is 18.6 Å². The molecule has 1 aromatic heterocycles. The number of esters is 1. The Morgan fingerprint density at radius 2 is 2.24 bits per heavy atom. The van der Waals surface area contributed by atoms with Crippen LogP contribution in [0.3, 0.4) is 0 Å². The maximum Gasteiger partial charge on any atom is 0.331 e. The zero-order chi connectivity index (χ0) is 17.8. The first-order valence-corrected chi connectivity index (χ1v) is 7.93. The van der Waals surface area contributed by atoms with E-state index in [1.165, 1.54) is 24.3 Å². The van der Waals surface area contributed by atoms with Crippen molar-refractivity contribution < 1.29 is 28.3 Å². The van der Waals surface area contributed by atoms with Crippen molar-refractivity contribution in [1.29, 1.82) is 0 Å². The molecule has 1 aliphatic heterocycles. The van der Waals surface area contributed by atoms with E-state index in [2.05, 4.69) is 15.9 Å². The van der Waals surface area contributed by atoms with Crippen molar-refractivity contribution in [3.8, 4) is 5.75 Å². The quantitative estimate of drug-likeness (QED) is 0.321. The number of furan rings is 1. The summed E-state index contributed by atoms with van der Waals surface area (Å²) in [5.74, 6) is 0.320. The molecule has 2 heterocycles. The van der Waals surface area contributed by atoms with E-state index in [0.29, 0.717) is 27.3 Å². The van der Waals surface area contributed by atoms with Gasteiger partial charge in [-0.25, -0.2) is 4.79 Å². The Morgan fingerprint density at radius 1 is 1.40 bits per heavy atom. The van der Waals surface area contributed by atoms with Crippen LogP contribution < -0.4 is 4.74 Å². The van der Waals surface area contributed by atoms with Crippen LogP contribution in [0.5, 0.6) is 5.75 Å². The van der Waals surface area contributed by atoms with Gasteiger partial charge in [-0.1, -0.05) is 0 Å². The van der Waals surface area contributed by atoms with Gasteiger partial charge in [0.15, 0.2) is 11.5 Å². The van der Waals surface area contributed by atoms with E-state index in [-0.39, 0.29) is 25.7 Å². The Kier molecular flexibility index (Phi) is 5.15. The number of carbonyl (C=O) groups is 1. The molecule has 8 nitrogen and oxygen atoms in total. The predicted octanol–water partition coefficient (Wildman–Crippen LogP) is 3.57. The van der Waals surface area contributed by atoms with E-state index in [9.17, 15) is 14.9 Å². The second-order valence-corrected chi connectivity index (χ2v) is 5.83. The maximum absolute atomic E-state index is 11.8. The molecule has 3 rings (SSSR count). The van der Waals surface area contributed by atoms with Crippen molar-refractivity contribution in [2.45, 2.75) is 13.2 Å². The van der Waals surface area contributed by atoms with Crippen LogP contribution in [0.1, 0.15) is 16.9 Å². The third kappa shape index (κ3) is 4.25. The lowest BCUT2D eigenvalue weighted by molar-refractivity contribution is -0.385. The van der Waals surface area contributed by atoms with Crippen LogP contribution >= 0.6 is 15.9 Å². The Morgan fingerprint density at radius 3 is 2.96 bits per heavy atom. The van der Waals surface area contributed by atoms with Crippen LogP contribution in [0.4, 0.5) is 5.69 Å². The minimum absolute atomic E-state index is 0.0407. The van der Waals surface area contributed by atoms with Crippen molar-refractivity contribution >= 4 is 33.7 Å². The summed E-state index contributed by atoms with van der Waals surface area (Å²) in [6.45, 7) is 0.0826. The molecule has 0 N–H and O–H groups in total. The third-order valence-electron chi connectivity index (χ3n) is 3.33. The second-order valence-electron chi connectivity index (χ2n) is 5.04.